The summed E-state index contributed by atoms with van der Waals surface area (Å²) < 4.78 is 5.15. The van der Waals surface area contributed by atoms with Gasteiger partial charge in [-0.25, -0.2) is 4.79 Å². The van der Waals surface area contributed by atoms with Crippen LogP contribution in [0.4, 0.5) is 0 Å². The molecule has 1 aromatic rings. The lowest BCUT2D eigenvalue weighted by Crippen LogP contribution is -1.94. The molecule has 0 amide bonds. The van der Waals surface area contributed by atoms with Crippen molar-refractivity contribution in [3.05, 3.63) is 21.7 Å². The summed E-state index contributed by atoms with van der Waals surface area (Å²) in [5, 5.41) is 8.39. The maximum absolute atomic E-state index is 10.2. The summed E-state index contributed by atoms with van der Waals surface area (Å²) >= 11 is 1.82. The molecule has 1 aromatic heterocycles. The third-order valence-electron chi connectivity index (χ3n) is 0.848. The van der Waals surface area contributed by atoms with Crippen LogP contribution in [0.3, 0.4) is 0 Å². The normalized spacial score (nSPS) is 9.44. The molecule has 1 heterocycles. The van der Waals surface area contributed by atoms with Gasteiger partial charge >= 0.3 is 5.97 Å². The molecule has 0 aromatic carbocycles. The van der Waals surface area contributed by atoms with E-state index in [4.69, 9.17) is 9.52 Å². The Balaban J connectivity index is 3.08. The van der Waals surface area contributed by atoms with Gasteiger partial charge in [0.05, 0.1) is 6.26 Å². The first-order valence-corrected chi connectivity index (χ1v) is 3.26. The van der Waals surface area contributed by atoms with Crippen LogP contribution in [-0.2, 0) is 0 Å². The standard InChI is InChI=1S/C5H3IO3/c6-4-3(5(7)8)1-2-9-4/h1-2H,(H,7,8). The first-order chi connectivity index (χ1) is 4.22. The predicted octanol–water partition coefficient (Wildman–Crippen LogP) is 1.58. The number of rotatable bonds is 1. The molecule has 0 aliphatic rings. The average Bonchev–Trinajstić information content (AvgIpc) is 2.13. The zero-order valence-electron chi connectivity index (χ0n) is 4.30. The van der Waals surface area contributed by atoms with Crippen LogP contribution in [0.1, 0.15) is 10.4 Å². The van der Waals surface area contributed by atoms with Crippen LogP contribution in [0.2, 0.25) is 0 Å². The van der Waals surface area contributed by atoms with E-state index in [9.17, 15) is 4.79 Å². The Bertz CT molecular complexity index is 228. The van der Waals surface area contributed by atoms with Crippen LogP contribution >= 0.6 is 22.6 Å². The average molecular weight is 238 g/mol. The highest BCUT2D eigenvalue weighted by Gasteiger charge is 2.08. The van der Waals surface area contributed by atoms with Gasteiger partial charge in [0.1, 0.15) is 5.56 Å². The van der Waals surface area contributed by atoms with Gasteiger partial charge in [-0.1, -0.05) is 0 Å². The van der Waals surface area contributed by atoms with E-state index in [0.29, 0.717) is 3.77 Å². The van der Waals surface area contributed by atoms with E-state index < -0.39 is 5.97 Å². The van der Waals surface area contributed by atoms with Gasteiger partial charge in [0.15, 0.2) is 3.77 Å². The van der Waals surface area contributed by atoms with Gasteiger partial charge in [-0.05, 0) is 6.07 Å². The zero-order chi connectivity index (χ0) is 6.85. The fourth-order valence-electron chi connectivity index (χ4n) is 0.446. The first kappa shape index (κ1) is 6.60. The molecule has 0 aliphatic heterocycles. The molecular weight excluding hydrogens is 235 g/mol. The van der Waals surface area contributed by atoms with E-state index in [1.807, 2.05) is 22.6 Å². The number of halogens is 1. The van der Waals surface area contributed by atoms with E-state index in [0.717, 1.165) is 0 Å². The topological polar surface area (TPSA) is 50.4 Å². The van der Waals surface area contributed by atoms with Crippen molar-refractivity contribution in [3.63, 3.8) is 0 Å². The van der Waals surface area contributed by atoms with Crippen LogP contribution < -0.4 is 0 Å². The number of hydrogen-bond acceptors (Lipinski definition) is 2. The van der Waals surface area contributed by atoms with Crippen molar-refractivity contribution < 1.29 is 14.3 Å². The van der Waals surface area contributed by atoms with Crippen LogP contribution in [0.5, 0.6) is 0 Å². The van der Waals surface area contributed by atoms with Gasteiger partial charge in [0.2, 0.25) is 0 Å². The van der Waals surface area contributed by atoms with Crippen LogP contribution in [0, 0.1) is 3.77 Å². The Morgan fingerprint density at radius 2 is 2.44 bits per heavy atom. The van der Waals surface area contributed by atoms with Gasteiger partial charge in [-0.2, -0.15) is 0 Å². The van der Waals surface area contributed by atoms with E-state index >= 15 is 0 Å². The van der Waals surface area contributed by atoms with Crippen LogP contribution in [0.15, 0.2) is 16.7 Å². The summed E-state index contributed by atoms with van der Waals surface area (Å²) in [5.41, 5.74) is 0.218. The minimum absolute atomic E-state index is 0.218. The SMILES string of the molecule is O=C(O)c1ccoc1I. The summed E-state index contributed by atoms with van der Waals surface area (Å²) in [4.78, 5) is 10.2. The molecule has 1 N–H and O–H groups in total. The van der Waals surface area contributed by atoms with E-state index in [-0.39, 0.29) is 5.56 Å². The summed E-state index contributed by atoms with van der Waals surface area (Å²) in [6.07, 6.45) is 1.35. The Hall–Kier alpha value is -0.520. The van der Waals surface area contributed by atoms with Crippen molar-refractivity contribution in [2.45, 2.75) is 0 Å². The number of carboxylic acids is 1. The van der Waals surface area contributed by atoms with E-state index in [1.54, 1.807) is 0 Å². The smallest absolute Gasteiger partial charge is 0.340 e. The Kier molecular flexibility index (Phi) is 1.75. The molecule has 0 spiro atoms. The molecule has 0 radical (unpaired) electrons. The van der Waals surface area contributed by atoms with Gasteiger partial charge in [-0.3, -0.25) is 0 Å². The monoisotopic (exact) mass is 238 g/mol. The summed E-state index contributed by atoms with van der Waals surface area (Å²) in [7, 11) is 0. The molecule has 0 fully saturated rings. The number of carboxylic acid groups (broad SMARTS) is 1. The van der Waals surface area contributed by atoms with E-state index in [2.05, 4.69) is 0 Å². The van der Waals surface area contributed by atoms with Crippen LogP contribution in [-0.4, -0.2) is 11.1 Å². The maximum Gasteiger partial charge on any atom is 0.340 e. The first-order valence-electron chi connectivity index (χ1n) is 2.18. The van der Waals surface area contributed by atoms with Crippen molar-refractivity contribution in [2.24, 2.45) is 0 Å². The van der Waals surface area contributed by atoms with Crippen molar-refractivity contribution in [1.29, 1.82) is 0 Å². The summed E-state index contributed by atoms with van der Waals surface area (Å²) in [6.45, 7) is 0. The van der Waals surface area contributed by atoms with Gasteiger partial charge in [0, 0.05) is 22.6 Å². The Morgan fingerprint density at radius 3 is 2.67 bits per heavy atom. The lowest BCUT2D eigenvalue weighted by molar-refractivity contribution is 0.0694. The molecule has 1 rings (SSSR count). The number of hydrogen-bond donors (Lipinski definition) is 1. The lowest BCUT2D eigenvalue weighted by Gasteiger charge is -1.83. The maximum atomic E-state index is 10.2. The second-order valence-corrected chi connectivity index (χ2v) is 2.39. The number of furan rings is 1. The molecule has 48 valence electrons. The van der Waals surface area contributed by atoms with E-state index in [1.165, 1.54) is 12.3 Å². The van der Waals surface area contributed by atoms with Crippen LogP contribution in [0.25, 0.3) is 0 Å². The fourth-order valence-corrected chi connectivity index (χ4v) is 1.00. The highest BCUT2D eigenvalue weighted by molar-refractivity contribution is 14.1. The van der Waals surface area contributed by atoms with Crippen molar-refractivity contribution >= 4 is 28.6 Å². The molecule has 0 bridgehead atoms. The summed E-state index contributed by atoms with van der Waals surface area (Å²) in [5.74, 6) is -0.951. The molecule has 3 nitrogen and oxygen atoms in total. The minimum atomic E-state index is -0.951. The fraction of sp³-hybridized carbons (Fsp3) is 0. The second-order valence-electron chi connectivity index (χ2n) is 1.41. The lowest BCUT2D eigenvalue weighted by atomic mass is 10.4. The predicted molar refractivity (Wildman–Crippen MR) is 38.4 cm³/mol. The summed E-state index contributed by atoms with van der Waals surface area (Å²) in [6, 6.07) is 1.42. The highest BCUT2D eigenvalue weighted by Crippen LogP contribution is 2.11. The highest BCUT2D eigenvalue weighted by atomic mass is 127. The second kappa shape index (κ2) is 2.38. The van der Waals surface area contributed by atoms with Gasteiger partial charge in [0.25, 0.3) is 0 Å². The molecule has 0 atom stereocenters. The molecule has 0 saturated carbocycles. The van der Waals surface area contributed by atoms with Gasteiger partial charge in [-0.15, -0.1) is 0 Å². The van der Waals surface area contributed by atoms with Crippen molar-refractivity contribution in [1.82, 2.24) is 0 Å². The molecule has 0 saturated heterocycles. The number of carbonyl (C=O) groups is 1. The van der Waals surface area contributed by atoms with Crippen molar-refractivity contribution in [3.8, 4) is 0 Å². The third kappa shape index (κ3) is 1.24. The zero-order valence-corrected chi connectivity index (χ0v) is 6.45. The third-order valence-corrected chi connectivity index (χ3v) is 1.68. The molecular formula is C5H3IO3. The minimum Gasteiger partial charge on any atom is -0.478 e. The van der Waals surface area contributed by atoms with Crippen molar-refractivity contribution in [2.75, 3.05) is 0 Å². The Labute approximate surface area is 64.8 Å². The quantitative estimate of drug-likeness (QED) is 0.755. The molecule has 0 unspecified atom stereocenters. The number of aromatic carboxylic acids is 1. The van der Waals surface area contributed by atoms with Gasteiger partial charge < -0.3 is 9.52 Å². The Morgan fingerprint density at radius 1 is 1.78 bits per heavy atom. The molecule has 0 aliphatic carbocycles. The largest absolute Gasteiger partial charge is 0.478 e. The molecule has 9 heavy (non-hydrogen) atoms. The molecule has 4 heteroatoms.